The molecule has 0 spiro atoms. The fraction of sp³-hybridized carbons (Fsp3) is 0.533. The van der Waals surface area contributed by atoms with Crippen LogP contribution >= 0.6 is 11.6 Å². The van der Waals surface area contributed by atoms with Crippen molar-refractivity contribution in [3.8, 4) is 0 Å². The van der Waals surface area contributed by atoms with E-state index in [-0.39, 0.29) is 29.0 Å². The fourth-order valence-corrected chi connectivity index (χ4v) is 2.45. The molecule has 1 amide bonds. The number of hydrogen-bond donors (Lipinski definition) is 2. The van der Waals surface area contributed by atoms with Crippen LogP contribution in [0.3, 0.4) is 0 Å². The lowest BCUT2D eigenvalue weighted by Gasteiger charge is -2.23. The monoisotopic (exact) mass is 314 g/mol. The van der Waals surface area contributed by atoms with E-state index < -0.39 is 11.9 Å². The number of benzene rings is 1. The number of halogens is 2. The molecule has 1 fully saturated rings. The van der Waals surface area contributed by atoms with Gasteiger partial charge in [0.1, 0.15) is 11.9 Å². The summed E-state index contributed by atoms with van der Waals surface area (Å²) in [5.41, 5.74) is 6.50. The van der Waals surface area contributed by atoms with Crippen LogP contribution in [-0.4, -0.2) is 24.6 Å². The molecule has 21 heavy (non-hydrogen) atoms. The van der Waals surface area contributed by atoms with E-state index in [4.69, 9.17) is 22.1 Å². The Hall–Kier alpha value is -1.17. The molecule has 1 aromatic rings. The third kappa shape index (κ3) is 3.73. The molecule has 0 aromatic heterocycles. The Morgan fingerprint density at radius 2 is 2.24 bits per heavy atom. The average Bonchev–Trinajstić information content (AvgIpc) is 2.89. The van der Waals surface area contributed by atoms with Gasteiger partial charge in [0.2, 0.25) is 5.91 Å². The number of carbonyl (C=O) groups excluding carboxylic acids is 1. The first kappa shape index (κ1) is 16.2. The van der Waals surface area contributed by atoms with Crippen LogP contribution in [0.25, 0.3) is 0 Å². The molecule has 2 rings (SSSR count). The Bertz CT molecular complexity index is 524. The molecule has 3 N–H and O–H groups in total. The summed E-state index contributed by atoms with van der Waals surface area (Å²) in [5.74, 6) is -0.646. The molecule has 2 unspecified atom stereocenters. The van der Waals surface area contributed by atoms with Crippen molar-refractivity contribution in [2.24, 2.45) is 11.7 Å². The van der Waals surface area contributed by atoms with Crippen molar-refractivity contribution in [3.63, 3.8) is 0 Å². The molecule has 0 bridgehead atoms. The Morgan fingerprint density at radius 3 is 2.86 bits per heavy atom. The summed E-state index contributed by atoms with van der Waals surface area (Å²) < 4.78 is 19.2. The second-order valence-electron chi connectivity index (χ2n) is 5.64. The molecule has 3 atom stereocenters. The van der Waals surface area contributed by atoms with E-state index in [0.717, 1.165) is 0 Å². The lowest BCUT2D eigenvalue weighted by atomic mass is 10.00. The highest BCUT2D eigenvalue weighted by molar-refractivity contribution is 6.30. The molecular weight excluding hydrogens is 295 g/mol. The summed E-state index contributed by atoms with van der Waals surface area (Å²) in [4.78, 5) is 12.1. The standard InChI is InChI=1S/C15H20ClFN2O2/c1-8(2)13(18)15(20)19-12-5-6-21-14(12)9-3-4-10(16)11(17)7-9/h3-4,7-8,12-14H,5-6,18H2,1-2H3,(H,19,20)/t12?,13-,14?/m0/s1. The summed E-state index contributed by atoms with van der Waals surface area (Å²) in [6.45, 7) is 4.29. The smallest absolute Gasteiger partial charge is 0.237 e. The summed E-state index contributed by atoms with van der Waals surface area (Å²) in [6.07, 6.45) is 0.297. The van der Waals surface area contributed by atoms with Crippen LogP contribution in [0.2, 0.25) is 5.02 Å². The predicted octanol–water partition coefficient (Wildman–Crippen LogP) is 2.41. The minimum absolute atomic E-state index is 0.0544. The first-order chi connectivity index (χ1) is 9.90. The Labute approximate surface area is 128 Å². The lowest BCUT2D eigenvalue weighted by molar-refractivity contribution is -0.124. The van der Waals surface area contributed by atoms with E-state index in [1.165, 1.54) is 12.1 Å². The molecular formula is C15H20ClFN2O2. The maximum absolute atomic E-state index is 13.6. The first-order valence-corrected chi connectivity index (χ1v) is 7.40. The van der Waals surface area contributed by atoms with Crippen molar-refractivity contribution in [2.45, 2.75) is 38.5 Å². The molecule has 1 saturated heterocycles. The molecule has 1 heterocycles. The summed E-state index contributed by atoms with van der Waals surface area (Å²) in [6, 6.07) is 3.78. The van der Waals surface area contributed by atoms with Gasteiger partial charge in [0.25, 0.3) is 0 Å². The number of rotatable bonds is 4. The Morgan fingerprint density at radius 1 is 1.52 bits per heavy atom. The van der Waals surface area contributed by atoms with Gasteiger partial charge in [-0.05, 0) is 30.0 Å². The zero-order chi connectivity index (χ0) is 15.6. The molecule has 1 aromatic carbocycles. The van der Waals surface area contributed by atoms with E-state index in [9.17, 15) is 9.18 Å². The van der Waals surface area contributed by atoms with Gasteiger partial charge in [0, 0.05) is 6.61 Å². The molecule has 0 saturated carbocycles. The lowest BCUT2D eigenvalue weighted by Crippen LogP contribution is -2.48. The highest BCUT2D eigenvalue weighted by Crippen LogP contribution is 2.31. The average molecular weight is 315 g/mol. The Balaban J connectivity index is 2.09. The number of hydrogen-bond acceptors (Lipinski definition) is 3. The first-order valence-electron chi connectivity index (χ1n) is 7.02. The van der Waals surface area contributed by atoms with E-state index in [2.05, 4.69) is 5.32 Å². The molecule has 116 valence electrons. The predicted molar refractivity (Wildman–Crippen MR) is 79.5 cm³/mol. The van der Waals surface area contributed by atoms with Gasteiger partial charge in [-0.25, -0.2) is 4.39 Å². The van der Waals surface area contributed by atoms with E-state index >= 15 is 0 Å². The third-order valence-corrected chi connectivity index (χ3v) is 4.02. The highest BCUT2D eigenvalue weighted by atomic mass is 35.5. The van der Waals surface area contributed by atoms with Gasteiger partial charge in [-0.15, -0.1) is 0 Å². The zero-order valence-corrected chi connectivity index (χ0v) is 12.9. The highest BCUT2D eigenvalue weighted by Gasteiger charge is 2.32. The Kier molecular flexibility index (Phi) is 5.19. The van der Waals surface area contributed by atoms with Crippen LogP contribution in [0, 0.1) is 11.7 Å². The van der Waals surface area contributed by atoms with Crippen LogP contribution in [0.15, 0.2) is 18.2 Å². The topological polar surface area (TPSA) is 64.4 Å². The van der Waals surface area contributed by atoms with Crippen LogP contribution < -0.4 is 11.1 Å². The summed E-state index contributed by atoms with van der Waals surface area (Å²) in [5, 5.41) is 2.97. The second-order valence-corrected chi connectivity index (χ2v) is 6.05. The number of ether oxygens (including phenoxy) is 1. The number of amides is 1. The van der Waals surface area contributed by atoms with E-state index in [1.807, 2.05) is 13.8 Å². The molecule has 1 aliphatic rings. The van der Waals surface area contributed by atoms with Crippen molar-refractivity contribution in [1.82, 2.24) is 5.32 Å². The largest absolute Gasteiger partial charge is 0.371 e. The molecule has 6 heteroatoms. The minimum Gasteiger partial charge on any atom is -0.371 e. The van der Waals surface area contributed by atoms with Crippen molar-refractivity contribution in [2.75, 3.05) is 6.61 Å². The molecule has 4 nitrogen and oxygen atoms in total. The quantitative estimate of drug-likeness (QED) is 0.897. The maximum Gasteiger partial charge on any atom is 0.237 e. The number of nitrogens with one attached hydrogen (secondary N) is 1. The maximum atomic E-state index is 13.6. The summed E-state index contributed by atoms with van der Waals surface area (Å²) in [7, 11) is 0. The van der Waals surface area contributed by atoms with Crippen molar-refractivity contribution >= 4 is 17.5 Å². The summed E-state index contributed by atoms with van der Waals surface area (Å²) >= 11 is 5.68. The van der Waals surface area contributed by atoms with Gasteiger partial charge in [-0.1, -0.05) is 31.5 Å². The van der Waals surface area contributed by atoms with Crippen LogP contribution in [-0.2, 0) is 9.53 Å². The zero-order valence-electron chi connectivity index (χ0n) is 12.1. The van der Waals surface area contributed by atoms with Crippen molar-refractivity contribution < 1.29 is 13.9 Å². The second kappa shape index (κ2) is 6.73. The fourth-order valence-electron chi connectivity index (χ4n) is 2.34. The van der Waals surface area contributed by atoms with Crippen molar-refractivity contribution in [1.29, 1.82) is 0 Å². The van der Waals surface area contributed by atoms with E-state index in [1.54, 1.807) is 6.07 Å². The third-order valence-electron chi connectivity index (χ3n) is 3.71. The van der Waals surface area contributed by atoms with Gasteiger partial charge in [0.15, 0.2) is 0 Å². The van der Waals surface area contributed by atoms with Crippen LogP contribution in [0.1, 0.15) is 31.9 Å². The minimum atomic E-state index is -0.562. The normalized spacial score (nSPS) is 23.3. The van der Waals surface area contributed by atoms with Gasteiger partial charge in [0.05, 0.1) is 17.1 Å². The van der Waals surface area contributed by atoms with E-state index in [0.29, 0.717) is 18.6 Å². The number of carbonyl (C=O) groups is 1. The SMILES string of the molecule is CC(C)[C@H](N)C(=O)NC1CCOC1c1ccc(Cl)c(F)c1. The van der Waals surface area contributed by atoms with Gasteiger partial charge in [-0.2, -0.15) is 0 Å². The molecule has 0 aliphatic carbocycles. The van der Waals surface area contributed by atoms with Crippen LogP contribution in [0.4, 0.5) is 4.39 Å². The van der Waals surface area contributed by atoms with Gasteiger partial charge >= 0.3 is 0 Å². The van der Waals surface area contributed by atoms with Crippen molar-refractivity contribution in [3.05, 3.63) is 34.6 Å². The van der Waals surface area contributed by atoms with Gasteiger partial charge in [-0.3, -0.25) is 4.79 Å². The van der Waals surface area contributed by atoms with Gasteiger partial charge < -0.3 is 15.8 Å². The number of nitrogens with two attached hydrogens (primary N) is 1. The molecule has 1 aliphatic heterocycles. The van der Waals surface area contributed by atoms with Crippen LogP contribution in [0.5, 0.6) is 0 Å². The molecule has 0 radical (unpaired) electrons.